The van der Waals surface area contributed by atoms with E-state index in [0.717, 1.165) is 19.1 Å². The highest BCUT2D eigenvalue weighted by Gasteiger charge is 2.18. The monoisotopic (exact) mass is 385 g/mol. The Balaban J connectivity index is 0.00000676. The van der Waals surface area contributed by atoms with Gasteiger partial charge in [-0.05, 0) is 6.92 Å². The summed E-state index contributed by atoms with van der Waals surface area (Å²) in [6.07, 6.45) is 0.303. The SMILES string of the molecule is C.C=CC(=O)OCCn1c(=O)n(CCOC(=O)C=C)c(=O)n(C(C)O)c1=O. The molecule has 1 unspecified atom stereocenters. The molecule has 11 nitrogen and oxygen atoms in total. The Bertz CT molecular complexity index is 811. The lowest BCUT2D eigenvalue weighted by Crippen LogP contribution is -2.56. The minimum absolute atomic E-state index is 0. The van der Waals surface area contributed by atoms with E-state index in [2.05, 4.69) is 13.2 Å². The number of aliphatic hydroxyl groups is 1. The van der Waals surface area contributed by atoms with Crippen LogP contribution in [-0.4, -0.2) is 44.0 Å². The van der Waals surface area contributed by atoms with Gasteiger partial charge in [0.05, 0.1) is 13.1 Å². The Kier molecular flexibility index (Phi) is 9.43. The zero-order chi connectivity index (χ0) is 19.9. The summed E-state index contributed by atoms with van der Waals surface area (Å²) >= 11 is 0. The number of hydrogen-bond acceptors (Lipinski definition) is 8. The molecule has 1 rings (SSSR count). The van der Waals surface area contributed by atoms with Gasteiger partial charge in [0, 0.05) is 12.2 Å². The van der Waals surface area contributed by atoms with Crippen molar-refractivity contribution in [3.63, 3.8) is 0 Å². The number of carbonyl (C=O) groups excluding carboxylic acids is 2. The van der Waals surface area contributed by atoms with E-state index in [4.69, 9.17) is 9.47 Å². The van der Waals surface area contributed by atoms with Crippen LogP contribution in [0.1, 0.15) is 20.6 Å². The quantitative estimate of drug-likeness (QED) is 0.412. The second-order valence-corrected chi connectivity index (χ2v) is 4.90. The fourth-order valence-electron chi connectivity index (χ4n) is 1.95. The molecule has 0 bridgehead atoms. The summed E-state index contributed by atoms with van der Waals surface area (Å²) in [7, 11) is 0. The Morgan fingerprint density at radius 3 is 1.63 bits per heavy atom. The van der Waals surface area contributed by atoms with Gasteiger partial charge in [-0.1, -0.05) is 20.6 Å². The third kappa shape index (κ3) is 5.92. The van der Waals surface area contributed by atoms with Crippen molar-refractivity contribution >= 4 is 11.9 Å². The molecule has 0 amide bonds. The molecule has 11 heteroatoms. The molecule has 1 heterocycles. The summed E-state index contributed by atoms with van der Waals surface area (Å²) in [5.74, 6) is -1.50. The first-order chi connectivity index (χ1) is 12.2. The highest BCUT2D eigenvalue weighted by atomic mass is 16.5. The molecule has 0 aliphatic heterocycles. The number of ether oxygens (including phenoxy) is 2. The maximum absolute atomic E-state index is 12.4. The molecule has 0 fully saturated rings. The van der Waals surface area contributed by atoms with E-state index in [1.165, 1.54) is 0 Å². The van der Waals surface area contributed by atoms with Gasteiger partial charge >= 0.3 is 29.0 Å². The fraction of sp³-hybridized carbons (Fsp3) is 0.438. The van der Waals surface area contributed by atoms with Crippen LogP contribution in [0, 0.1) is 0 Å². The molecular formula is C16H23N3O8. The Hall–Kier alpha value is -3.21. The van der Waals surface area contributed by atoms with Crippen LogP contribution in [0.4, 0.5) is 0 Å². The van der Waals surface area contributed by atoms with Crippen LogP contribution in [0.3, 0.4) is 0 Å². The minimum Gasteiger partial charge on any atom is -0.461 e. The first-order valence-corrected chi connectivity index (χ1v) is 7.47. The molecule has 0 aromatic carbocycles. The van der Waals surface area contributed by atoms with Gasteiger partial charge < -0.3 is 14.6 Å². The molecule has 1 aromatic rings. The van der Waals surface area contributed by atoms with Crippen LogP contribution in [0.25, 0.3) is 0 Å². The molecule has 0 saturated heterocycles. The highest BCUT2D eigenvalue weighted by Crippen LogP contribution is 1.90. The molecular weight excluding hydrogens is 362 g/mol. The molecule has 0 saturated carbocycles. The molecule has 27 heavy (non-hydrogen) atoms. The molecule has 0 aliphatic rings. The van der Waals surface area contributed by atoms with E-state index in [9.17, 15) is 29.1 Å². The number of nitrogens with zero attached hydrogens (tertiary/aromatic N) is 3. The van der Waals surface area contributed by atoms with Gasteiger partial charge in [0.25, 0.3) is 0 Å². The smallest absolute Gasteiger partial charge is 0.338 e. The zero-order valence-electron chi connectivity index (χ0n) is 14.1. The van der Waals surface area contributed by atoms with Gasteiger partial charge in [0.15, 0.2) is 0 Å². The van der Waals surface area contributed by atoms with Crippen LogP contribution in [0.5, 0.6) is 0 Å². The summed E-state index contributed by atoms with van der Waals surface area (Å²) in [6.45, 7) is 6.21. The molecule has 0 aliphatic carbocycles. The summed E-state index contributed by atoms with van der Waals surface area (Å²) in [6, 6.07) is 0. The molecule has 1 aromatic heterocycles. The van der Waals surface area contributed by atoms with Gasteiger partial charge in [-0.15, -0.1) is 0 Å². The summed E-state index contributed by atoms with van der Waals surface area (Å²) in [5, 5.41) is 9.67. The molecule has 0 radical (unpaired) electrons. The number of aromatic nitrogens is 3. The standard InChI is InChI=1S/C15H19N3O8.CH4/c1-4-11(20)25-8-6-16-13(22)17(7-9-26-12(21)5-2)15(24)18(10(3)19)14(16)23;/h4-5,10,19H,1-2,6-9H2,3H3;1H4. The summed E-state index contributed by atoms with van der Waals surface area (Å²) in [5.41, 5.74) is -3.13. The van der Waals surface area contributed by atoms with E-state index in [1.807, 2.05) is 0 Å². The van der Waals surface area contributed by atoms with E-state index in [-0.39, 0.29) is 33.7 Å². The van der Waals surface area contributed by atoms with E-state index in [1.54, 1.807) is 0 Å². The minimum atomic E-state index is -1.51. The number of esters is 2. The maximum Gasteiger partial charge on any atom is 0.338 e. The fourth-order valence-corrected chi connectivity index (χ4v) is 1.95. The van der Waals surface area contributed by atoms with Gasteiger partial charge in [0.2, 0.25) is 0 Å². The molecule has 1 atom stereocenters. The van der Waals surface area contributed by atoms with Crippen molar-refractivity contribution in [2.45, 2.75) is 33.7 Å². The Labute approximate surface area is 154 Å². The van der Waals surface area contributed by atoms with Crippen molar-refractivity contribution in [3.05, 3.63) is 56.8 Å². The van der Waals surface area contributed by atoms with Crippen molar-refractivity contribution in [1.82, 2.24) is 13.7 Å². The van der Waals surface area contributed by atoms with E-state index >= 15 is 0 Å². The third-order valence-electron chi connectivity index (χ3n) is 3.16. The average molecular weight is 385 g/mol. The first kappa shape index (κ1) is 23.8. The van der Waals surface area contributed by atoms with Crippen LogP contribution in [-0.2, 0) is 32.2 Å². The third-order valence-corrected chi connectivity index (χ3v) is 3.16. The molecule has 150 valence electrons. The highest BCUT2D eigenvalue weighted by molar-refractivity contribution is 5.81. The normalized spacial score (nSPS) is 11.0. The largest absolute Gasteiger partial charge is 0.461 e. The topological polar surface area (TPSA) is 139 Å². The lowest BCUT2D eigenvalue weighted by atomic mass is 10.5. The van der Waals surface area contributed by atoms with Crippen molar-refractivity contribution in [2.24, 2.45) is 0 Å². The number of carbonyl (C=O) groups is 2. The van der Waals surface area contributed by atoms with Crippen molar-refractivity contribution in [3.8, 4) is 0 Å². The Morgan fingerprint density at radius 1 is 0.963 bits per heavy atom. The summed E-state index contributed by atoms with van der Waals surface area (Å²) < 4.78 is 11.1. The number of aliphatic hydroxyl groups excluding tert-OH is 1. The lowest BCUT2D eigenvalue weighted by Gasteiger charge is -2.15. The first-order valence-electron chi connectivity index (χ1n) is 7.47. The van der Waals surface area contributed by atoms with E-state index < -0.39 is 35.2 Å². The van der Waals surface area contributed by atoms with Crippen molar-refractivity contribution in [1.29, 1.82) is 0 Å². The average Bonchev–Trinajstić information content (AvgIpc) is 2.59. The molecule has 1 N–H and O–H groups in total. The van der Waals surface area contributed by atoms with Crippen molar-refractivity contribution in [2.75, 3.05) is 13.2 Å². The van der Waals surface area contributed by atoms with Gasteiger partial charge in [-0.2, -0.15) is 0 Å². The van der Waals surface area contributed by atoms with Crippen LogP contribution >= 0.6 is 0 Å². The maximum atomic E-state index is 12.4. The summed E-state index contributed by atoms with van der Waals surface area (Å²) in [4.78, 5) is 59.0. The second-order valence-electron chi connectivity index (χ2n) is 4.90. The van der Waals surface area contributed by atoms with Gasteiger partial charge in [-0.25, -0.2) is 37.7 Å². The Morgan fingerprint density at radius 2 is 1.33 bits per heavy atom. The predicted molar refractivity (Wildman–Crippen MR) is 95.2 cm³/mol. The van der Waals surface area contributed by atoms with E-state index in [0.29, 0.717) is 13.7 Å². The van der Waals surface area contributed by atoms with Crippen LogP contribution in [0.2, 0.25) is 0 Å². The predicted octanol–water partition coefficient (Wildman–Crippen LogP) is -1.22. The number of rotatable bonds is 9. The van der Waals surface area contributed by atoms with Crippen molar-refractivity contribution < 1.29 is 24.2 Å². The zero-order valence-corrected chi connectivity index (χ0v) is 14.1. The van der Waals surface area contributed by atoms with Gasteiger partial charge in [0.1, 0.15) is 19.4 Å². The van der Waals surface area contributed by atoms with Crippen LogP contribution in [0.15, 0.2) is 39.7 Å². The number of hydrogen-bond donors (Lipinski definition) is 1. The molecule has 0 spiro atoms. The second kappa shape index (κ2) is 10.7. The van der Waals surface area contributed by atoms with Gasteiger partial charge in [-0.3, -0.25) is 0 Å². The van der Waals surface area contributed by atoms with Crippen LogP contribution < -0.4 is 17.1 Å². The lowest BCUT2D eigenvalue weighted by molar-refractivity contribution is -0.138.